The predicted octanol–water partition coefficient (Wildman–Crippen LogP) is 1.68. The number of rotatable bonds is 8. The number of hydrogen-bond acceptors (Lipinski definition) is 7. The first-order chi connectivity index (χ1) is 12.8. The van der Waals surface area contributed by atoms with Gasteiger partial charge in [-0.05, 0) is 30.7 Å². The fraction of sp³-hybridized carbons (Fsp3) is 0.294. The summed E-state index contributed by atoms with van der Waals surface area (Å²) in [5, 5.41) is 12.2. The summed E-state index contributed by atoms with van der Waals surface area (Å²) < 4.78 is 24.6. The average Bonchev–Trinajstić information content (AvgIpc) is 3.24. The normalized spacial score (nSPS) is 11.6. The van der Waals surface area contributed by atoms with Crippen molar-refractivity contribution in [3.05, 3.63) is 51.7 Å². The topological polar surface area (TPSA) is 107 Å². The summed E-state index contributed by atoms with van der Waals surface area (Å²) in [6.07, 6.45) is 1.65. The van der Waals surface area contributed by atoms with Gasteiger partial charge in [0, 0.05) is 17.0 Å². The predicted molar refractivity (Wildman–Crippen MR) is 103 cm³/mol. The Bertz CT molecular complexity index is 1040. The van der Waals surface area contributed by atoms with Crippen LogP contribution in [0.15, 0.2) is 36.4 Å². The molecule has 142 valence electrons. The zero-order valence-corrected chi connectivity index (χ0v) is 16.5. The maximum atomic E-state index is 12.4. The molecule has 0 spiro atoms. The maximum absolute atomic E-state index is 12.4. The van der Waals surface area contributed by atoms with Crippen LogP contribution in [0, 0.1) is 6.92 Å². The number of carbonyl (C=O) groups is 1. The minimum absolute atomic E-state index is 0.000401. The molecule has 10 heteroatoms. The summed E-state index contributed by atoms with van der Waals surface area (Å²) >= 11 is 1.34. The molecule has 0 bridgehead atoms. The highest BCUT2D eigenvalue weighted by Gasteiger charge is 2.13. The van der Waals surface area contributed by atoms with Gasteiger partial charge in [0.2, 0.25) is 15.8 Å². The number of hydrogen-bond donors (Lipinski definition) is 1. The van der Waals surface area contributed by atoms with Crippen LogP contribution in [0.4, 0.5) is 0 Å². The molecule has 2 heterocycles. The molecule has 0 unspecified atom stereocenters. The molecular formula is C17H19N5O3S2. The van der Waals surface area contributed by atoms with Crippen LogP contribution in [-0.2, 0) is 23.0 Å². The summed E-state index contributed by atoms with van der Waals surface area (Å²) in [7, 11) is -3.21. The monoisotopic (exact) mass is 405 g/mol. The molecule has 0 saturated heterocycles. The first-order valence-electron chi connectivity index (χ1n) is 8.21. The van der Waals surface area contributed by atoms with Gasteiger partial charge in [0.05, 0.1) is 11.1 Å². The van der Waals surface area contributed by atoms with Gasteiger partial charge < -0.3 is 0 Å². The van der Waals surface area contributed by atoms with Crippen molar-refractivity contribution in [2.75, 3.05) is 12.8 Å². The third-order valence-corrected chi connectivity index (χ3v) is 5.63. The van der Waals surface area contributed by atoms with E-state index < -0.39 is 10.0 Å². The van der Waals surface area contributed by atoms with Gasteiger partial charge in [-0.15, -0.1) is 21.5 Å². The third-order valence-electron chi connectivity index (χ3n) is 3.72. The molecule has 3 rings (SSSR count). The van der Waals surface area contributed by atoms with Crippen molar-refractivity contribution in [1.82, 2.24) is 24.9 Å². The molecule has 0 saturated carbocycles. The van der Waals surface area contributed by atoms with E-state index in [1.165, 1.54) is 16.1 Å². The van der Waals surface area contributed by atoms with Gasteiger partial charge in [-0.3, -0.25) is 4.79 Å². The second-order valence-electron chi connectivity index (χ2n) is 6.12. The largest absolute Gasteiger partial charge is 0.291 e. The average molecular weight is 406 g/mol. The Labute approximate surface area is 161 Å². The standard InChI is InChI=1S/C17H19N5O3S2/c1-12-3-5-13(6-4-12)17-19-21-22(20-17)11-15(23)16-8-7-14(26-16)9-10-18-27(2,24)25/h3-8,18H,9-11H2,1-2H3. The summed E-state index contributed by atoms with van der Waals surface area (Å²) in [5.74, 6) is 0.358. The van der Waals surface area contributed by atoms with Crippen LogP contribution in [0.5, 0.6) is 0 Å². The Balaban J connectivity index is 1.60. The van der Waals surface area contributed by atoms with Gasteiger partial charge in [0.1, 0.15) is 6.54 Å². The number of carbonyl (C=O) groups excluding carboxylic acids is 1. The Kier molecular flexibility index (Phi) is 5.78. The molecule has 1 N–H and O–H groups in total. The second kappa shape index (κ2) is 8.07. The Morgan fingerprint density at radius 1 is 1.19 bits per heavy atom. The van der Waals surface area contributed by atoms with Crippen molar-refractivity contribution in [1.29, 1.82) is 0 Å². The molecule has 0 amide bonds. The van der Waals surface area contributed by atoms with Crippen molar-refractivity contribution in [3.63, 3.8) is 0 Å². The number of nitrogens with zero attached hydrogens (tertiary/aromatic N) is 4. The molecule has 0 radical (unpaired) electrons. The van der Waals surface area contributed by atoms with Gasteiger partial charge in [-0.25, -0.2) is 13.1 Å². The van der Waals surface area contributed by atoms with E-state index in [1.807, 2.05) is 37.3 Å². The van der Waals surface area contributed by atoms with Crippen LogP contribution in [0.2, 0.25) is 0 Å². The minimum atomic E-state index is -3.21. The summed E-state index contributed by atoms with van der Waals surface area (Å²) in [5.41, 5.74) is 1.98. The number of ketones is 1. The maximum Gasteiger partial charge on any atom is 0.208 e. The molecule has 0 aliphatic carbocycles. The van der Waals surface area contributed by atoms with Crippen LogP contribution in [-0.4, -0.2) is 47.2 Å². The van der Waals surface area contributed by atoms with Gasteiger partial charge in [0.25, 0.3) is 0 Å². The summed E-state index contributed by atoms with van der Waals surface area (Å²) in [4.78, 5) is 15.2. The number of tetrazole rings is 1. The lowest BCUT2D eigenvalue weighted by Gasteiger charge is -1.99. The van der Waals surface area contributed by atoms with E-state index in [1.54, 1.807) is 6.07 Å². The van der Waals surface area contributed by atoms with E-state index in [-0.39, 0.29) is 12.3 Å². The number of aryl methyl sites for hydroxylation is 1. The number of thiophene rings is 1. The SMILES string of the molecule is Cc1ccc(-c2nnn(CC(=O)c3ccc(CCNS(C)(=O)=O)s3)n2)cc1. The number of benzene rings is 1. The zero-order chi connectivity index (χ0) is 19.4. The molecule has 8 nitrogen and oxygen atoms in total. The lowest BCUT2D eigenvalue weighted by Crippen LogP contribution is -2.24. The van der Waals surface area contributed by atoms with E-state index in [0.717, 1.165) is 22.3 Å². The van der Waals surface area contributed by atoms with Gasteiger partial charge in [0.15, 0.2) is 5.78 Å². The lowest BCUT2D eigenvalue weighted by molar-refractivity contribution is 0.0965. The van der Waals surface area contributed by atoms with Crippen LogP contribution in [0.3, 0.4) is 0 Å². The summed E-state index contributed by atoms with van der Waals surface area (Å²) in [6.45, 7) is 2.30. The molecule has 27 heavy (non-hydrogen) atoms. The van der Waals surface area contributed by atoms with Gasteiger partial charge in [-0.2, -0.15) is 4.80 Å². The van der Waals surface area contributed by atoms with Gasteiger partial charge in [-0.1, -0.05) is 29.8 Å². The smallest absolute Gasteiger partial charge is 0.208 e. The lowest BCUT2D eigenvalue weighted by atomic mass is 10.1. The highest BCUT2D eigenvalue weighted by molar-refractivity contribution is 7.88. The Morgan fingerprint density at radius 3 is 2.63 bits per heavy atom. The fourth-order valence-corrected chi connectivity index (χ4v) is 3.77. The van der Waals surface area contributed by atoms with Crippen LogP contribution in [0.1, 0.15) is 20.1 Å². The molecule has 0 aliphatic rings. The van der Waals surface area contributed by atoms with Crippen LogP contribution in [0.25, 0.3) is 11.4 Å². The molecule has 3 aromatic rings. The third kappa shape index (κ3) is 5.52. The quantitative estimate of drug-likeness (QED) is 0.572. The van der Waals surface area contributed by atoms with E-state index >= 15 is 0 Å². The molecular weight excluding hydrogens is 386 g/mol. The van der Waals surface area contributed by atoms with Crippen molar-refractivity contribution in [3.8, 4) is 11.4 Å². The number of nitrogens with one attached hydrogen (secondary N) is 1. The van der Waals surface area contributed by atoms with Crippen LogP contribution >= 0.6 is 11.3 Å². The molecule has 2 aromatic heterocycles. The molecule has 1 aromatic carbocycles. The van der Waals surface area contributed by atoms with Crippen molar-refractivity contribution >= 4 is 27.1 Å². The first-order valence-corrected chi connectivity index (χ1v) is 10.9. The highest BCUT2D eigenvalue weighted by Crippen LogP contribution is 2.18. The van der Waals surface area contributed by atoms with Gasteiger partial charge >= 0.3 is 0 Å². The second-order valence-corrected chi connectivity index (χ2v) is 9.12. The number of Topliss-reactive ketones (excluding diaryl/α,β-unsaturated/α-hetero) is 1. The van der Waals surface area contributed by atoms with Crippen molar-refractivity contribution in [2.24, 2.45) is 0 Å². The minimum Gasteiger partial charge on any atom is -0.291 e. The van der Waals surface area contributed by atoms with E-state index in [2.05, 4.69) is 20.1 Å². The van der Waals surface area contributed by atoms with E-state index in [9.17, 15) is 13.2 Å². The Hall–Kier alpha value is -2.43. The number of sulfonamides is 1. The zero-order valence-electron chi connectivity index (χ0n) is 14.9. The molecule has 0 aliphatic heterocycles. The van der Waals surface area contributed by atoms with Crippen molar-refractivity contribution < 1.29 is 13.2 Å². The highest BCUT2D eigenvalue weighted by atomic mass is 32.2. The van der Waals surface area contributed by atoms with E-state index in [0.29, 0.717) is 23.7 Å². The molecule has 0 atom stereocenters. The summed E-state index contributed by atoms with van der Waals surface area (Å²) in [6, 6.07) is 11.3. The fourth-order valence-electron chi connectivity index (χ4n) is 2.36. The van der Waals surface area contributed by atoms with Crippen molar-refractivity contribution in [2.45, 2.75) is 19.9 Å². The Morgan fingerprint density at radius 2 is 1.93 bits per heavy atom. The molecule has 0 fully saturated rings. The first kappa shape index (κ1) is 19.3. The van der Waals surface area contributed by atoms with Crippen LogP contribution < -0.4 is 4.72 Å². The number of aromatic nitrogens is 4. The van der Waals surface area contributed by atoms with E-state index in [4.69, 9.17) is 0 Å².